The first-order valence-corrected chi connectivity index (χ1v) is 8.05. The van der Waals surface area contributed by atoms with Crippen molar-refractivity contribution in [2.24, 2.45) is 5.14 Å². The Morgan fingerprint density at radius 3 is 2.40 bits per heavy atom. The molecule has 0 amide bonds. The Morgan fingerprint density at radius 1 is 1.15 bits per heavy atom. The van der Waals surface area contributed by atoms with E-state index in [1.807, 2.05) is 6.07 Å². The van der Waals surface area contributed by atoms with Gasteiger partial charge in [-0.2, -0.15) is 0 Å². The molecular formula is C13H13BrN2O3S. The van der Waals surface area contributed by atoms with E-state index in [0.29, 0.717) is 11.0 Å². The van der Waals surface area contributed by atoms with Crippen molar-refractivity contribution < 1.29 is 13.5 Å². The summed E-state index contributed by atoms with van der Waals surface area (Å²) in [6.45, 7) is 0.417. The average molecular weight is 357 g/mol. The van der Waals surface area contributed by atoms with Crippen molar-refractivity contribution in [3.63, 3.8) is 0 Å². The van der Waals surface area contributed by atoms with E-state index in [2.05, 4.69) is 21.2 Å². The summed E-state index contributed by atoms with van der Waals surface area (Å²) in [6, 6.07) is 11.5. The van der Waals surface area contributed by atoms with Gasteiger partial charge in [-0.05, 0) is 46.3 Å². The number of rotatable bonds is 4. The van der Waals surface area contributed by atoms with Crippen LogP contribution in [0.1, 0.15) is 5.56 Å². The number of sulfonamides is 1. The van der Waals surface area contributed by atoms with Gasteiger partial charge < -0.3 is 10.4 Å². The molecule has 2 aromatic rings. The number of hydrogen-bond donors (Lipinski definition) is 3. The molecule has 2 aromatic carbocycles. The average Bonchev–Trinajstić information content (AvgIpc) is 2.40. The number of benzene rings is 2. The second-order valence-electron chi connectivity index (χ2n) is 4.17. The number of anilines is 1. The Morgan fingerprint density at radius 2 is 1.80 bits per heavy atom. The van der Waals surface area contributed by atoms with Crippen LogP contribution in [0.5, 0.6) is 5.75 Å². The van der Waals surface area contributed by atoms with Gasteiger partial charge in [0, 0.05) is 17.8 Å². The third kappa shape index (κ3) is 3.50. The van der Waals surface area contributed by atoms with Crippen LogP contribution in [0, 0.1) is 0 Å². The Balaban J connectivity index is 2.10. The van der Waals surface area contributed by atoms with Gasteiger partial charge in [-0.15, -0.1) is 0 Å². The zero-order valence-corrected chi connectivity index (χ0v) is 12.8. The minimum atomic E-state index is -3.67. The Kier molecular flexibility index (Phi) is 4.32. The van der Waals surface area contributed by atoms with Gasteiger partial charge in [-0.1, -0.05) is 12.1 Å². The van der Waals surface area contributed by atoms with E-state index in [1.54, 1.807) is 24.3 Å². The highest BCUT2D eigenvalue weighted by Gasteiger charge is 2.07. The van der Waals surface area contributed by atoms with E-state index in [-0.39, 0.29) is 10.6 Å². The van der Waals surface area contributed by atoms with Gasteiger partial charge in [0.25, 0.3) is 0 Å². The molecule has 0 saturated heterocycles. The van der Waals surface area contributed by atoms with Crippen LogP contribution in [0.4, 0.5) is 5.69 Å². The third-order valence-corrected chi connectivity index (χ3v) is 4.31. The first-order chi connectivity index (χ1) is 9.38. The number of primary sulfonamides is 1. The molecule has 0 bridgehead atoms. The predicted octanol–water partition coefficient (Wildman–Crippen LogP) is 2.41. The van der Waals surface area contributed by atoms with E-state index in [1.165, 1.54) is 12.1 Å². The molecule has 0 heterocycles. The SMILES string of the molecule is NS(=O)(=O)c1ccc(NCc2cccc(Br)c2O)cc1. The van der Waals surface area contributed by atoms with Crippen molar-refractivity contribution in [1.29, 1.82) is 0 Å². The Hall–Kier alpha value is -1.57. The van der Waals surface area contributed by atoms with Crippen molar-refractivity contribution in [2.75, 3.05) is 5.32 Å². The molecule has 4 N–H and O–H groups in total. The molecule has 0 radical (unpaired) electrons. The van der Waals surface area contributed by atoms with Crippen molar-refractivity contribution >= 4 is 31.6 Å². The number of para-hydroxylation sites is 1. The highest BCUT2D eigenvalue weighted by molar-refractivity contribution is 9.10. The lowest BCUT2D eigenvalue weighted by Gasteiger charge is -2.09. The van der Waals surface area contributed by atoms with Crippen molar-refractivity contribution in [2.45, 2.75) is 11.4 Å². The van der Waals surface area contributed by atoms with Gasteiger partial charge in [0.1, 0.15) is 5.75 Å². The molecule has 106 valence electrons. The van der Waals surface area contributed by atoms with Gasteiger partial charge in [-0.3, -0.25) is 0 Å². The highest BCUT2D eigenvalue weighted by atomic mass is 79.9. The van der Waals surface area contributed by atoms with Crippen LogP contribution in [0.15, 0.2) is 51.8 Å². The van der Waals surface area contributed by atoms with Crippen LogP contribution < -0.4 is 10.5 Å². The van der Waals surface area contributed by atoms with Crippen LogP contribution in [-0.4, -0.2) is 13.5 Å². The number of nitrogens with one attached hydrogen (secondary N) is 1. The topological polar surface area (TPSA) is 92.4 Å². The number of halogens is 1. The Labute approximate surface area is 125 Å². The molecule has 0 aliphatic heterocycles. The number of phenolic OH excluding ortho intramolecular Hbond substituents is 1. The highest BCUT2D eigenvalue weighted by Crippen LogP contribution is 2.28. The molecule has 5 nitrogen and oxygen atoms in total. The summed E-state index contributed by atoms with van der Waals surface area (Å²) < 4.78 is 22.9. The second kappa shape index (κ2) is 5.82. The fourth-order valence-corrected chi connectivity index (χ4v) is 2.59. The lowest BCUT2D eigenvalue weighted by atomic mass is 10.2. The molecule has 0 aliphatic rings. The van der Waals surface area contributed by atoms with Crippen LogP contribution in [0.25, 0.3) is 0 Å². The largest absolute Gasteiger partial charge is 0.506 e. The van der Waals surface area contributed by atoms with Crippen molar-refractivity contribution in [1.82, 2.24) is 0 Å². The smallest absolute Gasteiger partial charge is 0.238 e. The molecule has 0 aromatic heterocycles. The predicted molar refractivity (Wildman–Crippen MR) is 80.9 cm³/mol. The van der Waals surface area contributed by atoms with Gasteiger partial charge >= 0.3 is 0 Å². The summed E-state index contributed by atoms with van der Waals surface area (Å²) in [5.74, 6) is 0.182. The second-order valence-corrected chi connectivity index (χ2v) is 6.59. The quantitative estimate of drug-likeness (QED) is 0.784. The van der Waals surface area contributed by atoms with Crippen molar-refractivity contribution in [3.8, 4) is 5.75 Å². The van der Waals surface area contributed by atoms with Gasteiger partial charge in [-0.25, -0.2) is 13.6 Å². The van der Waals surface area contributed by atoms with Crippen LogP contribution >= 0.6 is 15.9 Å². The third-order valence-electron chi connectivity index (χ3n) is 2.74. The molecule has 2 rings (SSSR count). The normalized spacial score (nSPS) is 11.3. The van der Waals surface area contributed by atoms with E-state index in [4.69, 9.17) is 5.14 Å². The zero-order valence-electron chi connectivity index (χ0n) is 10.4. The standard InChI is InChI=1S/C13H13BrN2O3S/c14-12-3-1-2-9(13(12)17)8-16-10-4-6-11(7-5-10)20(15,18)19/h1-7,16-17H,8H2,(H2,15,18,19). The Bertz CT molecular complexity index is 715. The molecule has 0 unspecified atom stereocenters. The lowest BCUT2D eigenvalue weighted by Crippen LogP contribution is -2.12. The maximum atomic E-state index is 11.1. The molecule has 7 heteroatoms. The van der Waals surface area contributed by atoms with E-state index in [9.17, 15) is 13.5 Å². The summed E-state index contributed by atoms with van der Waals surface area (Å²) in [7, 11) is -3.67. The van der Waals surface area contributed by atoms with Crippen LogP contribution in [0.3, 0.4) is 0 Å². The summed E-state index contributed by atoms with van der Waals surface area (Å²) in [5.41, 5.74) is 1.46. The van der Waals surface area contributed by atoms with Crippen molar-refractivity contribution in [3.05, 3.63) is 52.5 Å². The molecule has 0 fully saturated rings. The number of aromatic hydroxyl groups is 1. The summed E-state index contributed by atoms with van der Waals surface area (Å²) in [4.78, 5) is 0.0633. The van der Waals surface area contributed by atoms with E-state index >= 15 is 0 Å². The van der Waals surface area contributed by atoms with Crippen LogP contribution in [-0.2, 0) is 16.6 Å². The van der Waals surface area contributed by atoms with E-state index in [0.717, 1.165) is 11.3 Å². The van der Waals surface area contributed by atoms with Gasteiger partial charge in [0.2, 0.25) is 10.0 Å². The lowest BCUT2D eigenvalue weighted by molar-refractivity contribution is 0.465. The molecule has 20 heavy (non-hydrogen) atoms. The van der Waals surface area contributed by atoms with Crippen LogP contribution in [0.2, 0.25) is 0 Å². The number of phenols is 1. The maximum Gasteiger partial charge on any atom is 0.238 e. The fraction of sp³-hybridized carbons (Fsp3) is 0.0769. The molecule has 0 aliphatic carbocycles. The first-order valence-electron chi connectivity index (χ1n) is 5.71. The van der Waals surface area contributed by atoms with Gasteiger partial charge in [0.05, 0.1) is 9.37 Å². The minimum absolute atomic E-state index is 0.0633. The monoisotopic (exact) mass is 356 g/mol. The zero-order chi connectivity index (χ0) is 14.8. The number of nitrogens with two attached hydrogens (primary N) is 1. The fourth-order valence-electron chi connectivity index (χ4n) is 1.66. The minimum Gasteiger partial charge on any atom is -0.506 e. The van der Waals surface area contributed by atoms with E-state index < -0.39 is 10.0 Å². The first kappa shape index (κ1) is 14.8. The molecule has 0 atom stereocenters. The van der Waals surface area contributed by atoms with Gasteiger partial charge in [0.15, 0.2) is 0 Å². The molecular weight excluding hydrogens is 344 g/mol. The maximum absolute atomic E-state index is 11.1. The summed E-state index contributed by atoms with van der Waals surface area (Å²) in [5, 5.41) is 18.0. The summed E-state index contributed by atoms with van der Waals surface area (Å²) in [6.07, 6.45) is 0. The molecule has 0 spiro atoms. The summed E-state index contributed by atoms with van der Waals surface area (Å²) >= 11 is 3.25. The number of hydrogen-bond acceptors (Lipinski definition) is 4. The molecule has 0 saturated carbocycles.